The summed E-state index contributed by atoms with van der Waals surface area (Å²) in [5.41, 5.74) is 0.944. The molecule has 0 bridgehead atoms. The first-order valence-corrected chi connectivity index (χ1v) is 8.74. The summed E-state index contributed by atoms with van der Waals surface area (Å²) in [6.07, 6.45) is 1.31. The molecule has 18 heavy (non-hydrogen) atoms. The van der Waals surface area contributed by atoms with Crippen LogP contribution in [-0.4, -0.2) is 20.1 Å². The lowest BCUT2D eigenvalue weighted by molar-refractivity contribution is 0.564. The lowest BCUT2D eigenvalue weighted by Crippen LogP contribution is -2.29. The molecule has 0 spiro atoms. The zero-order chi connectivity index (χ0) is 13.6. The van der Waals surface area contributed by atoms with Crippen LogP contribution in [0.5, 0.6) is 0 Å². The van der Waals surface area contributed by atoms with Crippen LogP contribution in [0.3, 0.4) is 0 Å². The van der Waals surface area contributed by atoms with Crippen molar-refractivity contribution in [3.05, 3.63) is 34.3 Å². The van der Waals surface area contributed by atoms with E-state index in [1.807, 2.05) is 31.2 Å². The van der Waals surface area contributed by atoms with Crippen LogP contribution < -0.4 is 4.72 Å². The van der Waals surface area contributed by atoms with Crippen molar-refractivity contribution < 1.29 is 8.42 Å². The maximum absolute atomic E-state index is 11.8. The van der Waals surface area contributed by atoms with E-state index in [1.54, 1.807) is 0 Å². The molecule has 1 atom stereocenters. The first-order chi connectivity index (χ1) is 8.44. The van der Waals surface area contributed by atoms with E-state index in [1.165, 1.54) is 0 Å². The summed E-state index contributed by atoms with van der Waals surface area (Å²) in [6, 6.07) is 7.37. The zero-order valence-corrected chi connectivity index (χ0v) is 13.4. The van der Waals surface area contributed by atoms with E-state index in [4.69, 9.17) is 11.6 Å². The average molecular weight is 355 g/mol. The molecule has 1 rings (SSSR count). The fourth-order valence-electron chi connectivity index (χ4n) is 1.53. The second-order valence-electron chi connectivity index (χ2n) is 4.11. The topological polar surface area (TPSA) is 46.2 Å². The van der Waals surface area contributed by atoms with Gasteiger partial charge in [-0.15, -0.1) is 11.6 Å². The van der Waals surface area contributed by atoms with E-state index < -0.39 is 10.0 Å². The van der Waals surface area contributed by atoms with Gasteiger partial charge < -0.3 is 0 Å². The summed E-state index contributed by atoms with van der Waals surface area (Å²) in [7, 11) is -3.23. The Kier molecular flexibility index (Phi) is 6.63. The molecule has 0 saturated carbocycles. The highest BCUT2D eigenvalue weighted by Crippen LogP contribution is 2.17. The monoisotopic (exact) mass is 353 g/mol. The van der Waals surface area contributed by atoms with E-state index in [0.717, 1.165) is 16.5 Å². The maximum Gasteiger partial charge on any atom is 0.212 e. The molecule has 0 heterocycles. The third kappa shape index (κ3) is 5.69. The summed E-state index contributed by atoms with van der Waals surface area (Å²) in [6.45, 7) is 1.84. The van der Waals surface area contributed by atoms with Crippen LogP contribution in [0.25, 0.3) is 0 Å². The Labute approximate surface area is 122 Å². The number of sulfonamides is 1. The van der Waals surface area contributed by atoms with Gasteiger partial charge in [-0.05, 0) is 37.5 Å². The number of benzene rings is 1. The van der Waals surface area contributed by atoms with Gasteiger partial charge in [-0.25, -0.2) is 13.1 Å². The fraction of sp³-hybridized carbons (Fsp3) is 0.500. The molecular formula is C12H17BrClNO2S. The minimum atomic E-state index is -3.23. The molecule has 0 unspecified atom stereocenters. The molecule has 3 nitrogen and oxygen atoms in total. The highest BCUT2D eigenvalue weighted by Gasteiger charge is 2.15. The highest BCUT2D eigenvalue weighted by atomic mass is 79.9. The SMILES string of the molecule is C[C@H](NS(=O)(=O)CCCCCl)c1ccc(Br)cc1. The minimum Gasteiger partial charge on any atom is -0.212 e. The van der Waals surface area contributed by atoms with Crippen molar-refractivity contribution in [1.82, 2.24) is 4.72 Å². The predicted octanol–water partition coefficient (Wildman–Crippen LogP) is 3.45. The van der Waals surface area contributed by atoms with Gasteiger partial charge >= 0.3 is 0 Å². The quantitative estimate of drug-likeness (QED) is 0.602. The maximum atomic E-state index is 11.8. The molecule has 0 aliphatic carbocycles. The molecule has 0 radical (unpaired) electrons. The lowest BCUT2D eigenvalue weighted by Gasteiger charge is -2.14. The molecule has 1 N–H and O–H groups in total. The summed E-state index contributed by atoms with van der Waals surface area (Å²) >= 11 is 8.87. The molecule has 0 amide bonds. The van der Waals surface area contributed by atoms with Crippen molar-refractivity contribution in [1.29, 1.82) is 0 Å². The molecular weight excluding hydrogens is 338 g/mol. The molecule has 0 fully saturated rings. The van der Waals surface area contributed by atoms with Gasteiger partial charge in [-0.1, -0.05) is 28.1 Å². The fourth-order valence-corrected chi connectivity index (χ4v) is 3.36. The summed E-state index contributed by atoms with van der Waals surface area (Å²) in [5.74, 6) is 0.623. The van der Waals surface area contributed by atoms with Crippen molar-refractivity contribution in [3.63, 3.8) is 0 Å². The summed E-state index contributed by atoms with van der Waals surface area (Å²) in [5, 5.41) is 0. The van der Waals surface area contributed by atoms with Crippen LogP contribution in [0.1, 0.15) is 31.4 Å². The lowest BCUT2D eigenvalue weighted by atomic mass is 10.1. The van der Waals surface area contributed by atoms with E-state index in [2.05, 4.69) is 20.7 Å². The van der Waals surface area contributed by atoms with Crippen molar-refractivity contribution in [2.24, 2.45) is 0 Å². The third-order valence-corrected chi connectivity index (χ3v) is 4.86. The number of hydrogen-bond acceptors (Lipinski definition) is 2. The van der Waals surface area contributed by atoms with E-state index >= 15 is 0 Å². The van der Waals surface area contributed by atoms with E-state index in [9.17, 15) is 8.42 Å². The molecule has 1 aromatic rings. The Bertz CT molecular complexity index is 461. The molecule has 0 saturated heterocycles. The van der Waals surface area contributed by atoms with Gasteiger partial charge in [-0.2, -0.15) is 0 Å². The van der Waals surface area contributed by atoms with Gasteiger partial charge in [-0.3, -0.25) is 0 Å². The van der Waals surface area contributed by atoms with Crippen molar-refractivity contribution >= 4 is 37.6 Å². The first kappa shape index (κ1) is 16.0. The molecule has 0 aliphatic heterocycles. The number of unbranched alkanes of at least 4 members (excludes halogenated alkanes) is 1. The first-order valence-electron chi connectivity index (χ1n) is 5.76. The number of hydrogen-bond donors (Lipinski definition) is 1. The normalized spacial score (nSPS) is 13.5. The van der Waals surface area contributed by atoms with Crippen LogP contribution in [0.2, 0.25) is 0 Å². The number of alkyl halides is 1. The van der Waals surface area contributed by atoms with E-state index in [-0.39, 0.29) is 11.8 Å². The van der Waals surface area contributed by atoms with Gasteiger partial charge in [0.15, 0.2) is 0 Å². The van der Waals surface area contributed by atoms with Gasteiger partial charge in [0.1, 0.15) is 0 Å². The molecule has 0 aromatic heterocycles. The van der Waals surface area contributed by atoms with Crippen molar-refractivity contribution in [2.45, 2.75) is 25.8 Å². The Balaban J connectivity index is 2.58. The van der Waals surface area contributed by atoms with Gasteiger partial charge in [0.25, 0.3) is 0 Å². The molecule has 0 aliphatic rings. The second-order valence-corrected chi connectivity index (χ2v) is 7.27. The Morgan fingerprint density at radius 3 is 2.44 bits per heavy atom. The smallest absolute Gasteiger partial charge is 0.212 e. The zero-order valence-electron chi connectivity index (χ0n) is 10.2. The largest absolute Gasteiger partial charge is 0.212 e. The number of nitrogens with one attached hydrogen (secondary N) is 1. The Morgan fingerprint density at radius 2 is 1.89 bits per heavy atom. The van der Waals surface area contributed by atoms with Gasteiger partial charge in [0, 0.05) is 16.4 Å². The van der Waals surface area contributed by atoms with E-state index in [0.29, 0.717) is 12.3 Å². The highest BCUT2D eigenvalue weighted by molar-refractivity contribution is 9.10. The second kappa shape index (κ2) is 7.48. The average Bonchev–Trinajstić information content (AvgIpc) is 2.29. The number of rotatable bonds is 7. The summed E-state index contributed by atoms with van der Waals surface area (Å²) < 4.78 is 27.2. The standard InChI is InChI=1S/C12H17BrClNO2S/c1-10(11-4-6-12(13)7-5-11)15-18(16,17)9-3-2-8-14/h4-7,10,15H,2-3,8-9H2,1H3/t10-/m0/s1. The molecule has 102 valence electrons. The summed E-state index contributed by atoms with van der Waals surface area (Å²) in [4.78, 5) is 0. The minimum absolute atomic E-state index is 0.126. The van der Waals surface area contributed by atoms with Gasteiger partial charge in [0.05, 0.1) is 5.75 Å². The third-order valence-electron chi connectivity index (χ3n) is 2.52. The van der Waals surface area contributed by atoms with Crippen LogP contribution in [-0.2, 0) is 10.0 Å². The van der Waals surface area contributed by atoms with Crippen LogP contribution in [0, 0.1) is 0 Å². The predicted molar refractivity (Wildman–Crippen MR) is 79.4 cm³/mol. The van der Waals surface area contributed by atoms with Crippen molar-refractivity contribution in [3.8, 4) is 0 Å². The Morgan fingerprint density at radius 1 is 1.28 bits per heavy atom. The Hall–Kier alpha value is -0.100. The number of halogens is 2. The van der Waals surface area contributed by atoms with Crippen LogP contribution >= 0.6 is 27.5 Å². The van der Waals surface area contributed by atoms with Crippen LogP contribution in [0.4, 0.5) is 0 Å². The van der Waals surface area contributed by atoms with Crippen LogP contribution in [0.15, 0.2) is 28.7 Å². The van der Waals surface area contributed by atoms with Gasteiger partial charge in [0.2, 0.25) is 10.0 Å². The van der Waals surface area contributed by atoms with Crippen molar-refractivity contribution in [2.75, 3.05) is 11.6 Å². The molecule has 6 heteroatoms. The molecule has 1 aromatic carbocycles.